The first-order valence-electron chi connectivity index (χ1n) is 9.44. The van der Waals surface area contributed by atoms with Crippen molar-refractivity contribution in [2.24, 2.45) is 0 Å². The Kier molecular flexibility index (Phi) is 5.71. The summed E-state index contributed by atoms with van der Waals surface area (Å²) in [6.45, 7) is 6.43. The molecule has 9 heteroatoms. The maximum Gasteiger partial charge on any atom is 0.410 e. The average Bonchev–Trinajstić information content (AvgIpc) is 2.63. The quantitative estimate of drug-likeness (QED) is 0.850. The zero-order valence-electron chi connectivity index (χ0n) is 16.4. The first-order chi connectivity index (χ1) is 13.2. The van der Waals surface area contributed by atoms with E-state index in [4.69, 9.17) is 4.74 Å². The molecule has 0 aromatic carbocycles. The van der Waals surface area contributed by atoms with Gasteiger partial charge in [0.25, 0.3) is 12.3 Å². The number of ether oxygens (including phenoxy) is 1. The second-order valence-electron chi connectivity index (χ2n) is 8.07. The number of piperazine rings is 1. The molecule has 0 aliphatic carbocycles. The minimum atomic E-state index is -2.59. The highest BCUT2D eigenvalue weighted by molar-refractivity contribution is 5.97. The van der Waals surface area contributed by atoms with Crippen LogP contribution in [0.3, 0.4) is 0 Å². The molecule has 0 spiro atoms. The summed E-state index contributed by atoms with van der Waals surface area (Å²) >= 11 is 0. The lowest BCUT2D eigenvalue weighted by Crippen LogP contribution is -2.57. The van der Waals surface area contributed by atoms with Crippen LogP contribution < -0.4 is 10.2 Å². The maximum absolute atomic E-state index is 12.4. The molecule has 1 N–H and O–H groups in total. The van der Waals surface area contributed by atoms with Crippen molar-refractivity contribution >= 4 is 17.8 Å². The van der Waals surface area contributed by atoms with Gasteiger partial charge in [-0.15, -0.1) is 0 Å². The van der Waals surface area contributed by atoms with Crippen molar-refractivity contribution in [3.8, 4) is 0 Å². The highest BCUT2D eigenvalue weighted by Gasteiger charge is 2.36. The van der Waals surface area contributed by atoms with E-state index < -0.39 is 24.5 Å². The molecule has 28 heavy (non-hydrogen) atoms. The van der Waals surface area contributed by atoms with Gasteiger partial charge in [0.15, 0.2) is 0 Å². The monoisotopic (exact) mass is 396 g/mol. The van der Waals surface area contributed by atoms with Crippen LogP contribution in [0.25, 0.3) is 0 Å². The van der Waals surface area contributed by atoms with Gasteiger partial charge in [0, 0.05) is 43.0 Å². The second kappa shape index (κ2) is 7.89. The number of nitrogens with zero attached hydrogens (tertiary/aromatic N) is 3. The van der Waals surface area contributed by atoms with Crippen LogP contribution in [0.1, 0.15) is 43.1 Å². The van der Waals surface area contributed by atoms with E-state index in [1.807, 2.05) is 20.8 Å². The van der Waals surface area contributed by atoms with Crippen LogP contribution in [0.15, 0.2) is 12.3 Å². The van der Waals surface area contributed by atoms with Gasteiger partial charge in [-0.1, -0.05) is 0 Å². The summed E-state index contributed by atoms with van der Waals surface area (Å²) in [5, 5.41) is 2.26. The van der Waals surface area contributed by atoms with Gasteiger partial charge in [-0.25, -0.2) is 18.6 Å². The molecule has 0 unspecified atom stereocenters. The number of hydrogen-bond donors (Lipinski definition) is 1. The van der Waals surface area contributed by atoms with Crippen LogP contribution in [0.5, 0.6) is 0 Å². The number of halogens is 2. The number of aromatic nitrogens is 1. The largest absolute Gasteiger partial charge is 0.444 e. The van der Waals surface area contributed by atoms with E-state index >= 15 is 0 Å². The number of amides is 2. The SMILES string of the molecule is CC(C)(C)OC(=O)N1CCN2c3nccc(C(=O)NCC(F)F)c3CC[C@@H]2C1. The molecular formula is C19H26F2N4O3. The third kappa shape index (κ3) is 4.51. The van der Waals surface area contributed by atoms with E-state index in [1.54, 1.807) is 11.0 Å². The first kappa shape index (κ1) is 20.3. The number of alkyl halides is 2. The summed E-state index contributed by atoms with van der Waals surface area (Å²) in [4.78, 5) is 32.9. The van der Waals surface area contributed by atoms with E-state index in [0.717, 1.165) is 12.0 Å². The molecule has 2 aliphatic rings. The maximum atomic E-state index is 12.4. The molecular weight excluding hydrogens is 370 g/mol. The van der Waals surface area contributed by atoms with Crippen LogP contribution in [-0.2, 0) is 11.2 Å². The van der Waals surface area contributed by atoms with Gasteiger partial charge in [0.1, 0.15) is 11.4 Å². The van der Waals surface area contributed by atoms with Gasteiger partial charge < -0.3 is 19.9 Å². The number of carbonyl (C=O) groups excluding carboxylic acids is 2. The highest BCUT2D eigenvalue weighted by atomic mass is 19.3. The molecule has 3 heterocycles. The molecule has 7 nitrogen and oxygen atoms in total. The second-order valence-corrected chi connectivity index (χ2v) is 8.07. The Hall–Kier alpha value is -2.45. The Morgan fingerprint density at radius 3 is 2.79 bits per heavy atom. The average molecular weight is 396 g/mol. The number of anilines is 1. The fourth-order valence-corrected chi connectivity index (χ4v) is 3.64. The molecule has 1 aromatic heterocycles. The molecule has 1 aromatic rings. The van der Waals surface area contributed by atoms with Gasteiger partial charge >= 0.3 is 6.09 Å². The Morgan fingerprint density at radius 2 is 2.11 bits per heavy atom. The van der Waals surface area contributed by atoms with Crippen LogP contribution in [-0.4, -0.2) is 66.1 Å². The molecule has 0 bridgehead atoms. The van der Waals surface area contributed by atoms with Crippen molar-refractivity contribution < 1.29 is 23.1 Å². The highest BCUT2D eigenvalue weighted by Crippen LogP contribution is 2.33. The molecule has 1 fully saturated rings. The Bertz CT molecular complexity index is 751. The number of rotatable bonds is 3. The standard InChI is InChI=1S/C19H26F2N4O3/c1-19(2,3)28-18(27)24-8-9-25-12(11-24)4-5-13-14(6-7-22-16(13)25)17(26)23-10-15(20)21/h6-7,12,15H,4-5,8-11H2,1-3H3,(H,23,26)/t12-/m1/s1. The smallest absolute Gasteiger partial charge is 0.410 e. The fraction of sp³-hybridized carbons (Fsp3) is 0.632. The summed E-state index contributed by atoms with van der Waals surface area (Å²) in [7, 11) is 0. The number of hydrogen-bond acceptors (Lipinski definition) is 5. The summed E-state index contributed by atoms with van der Waals surface area (Å²) in [5.74, 6) is 0.189. The van der Waals surface area contributed by atoms with Gasteiger partial charge in [-0.05, 0) is 39.7 Å². The number of pyridine rings is 1. The summed E-state index contributed by atoms with van der Waals surface area (Å²) in [6, 6.07) is 1.65. The topological polar surface area (TPSA) is 74.8 Å². The van der Waals surface area contributed by atoms with E-state index in [2.05, 4.69) is 15.2 Å². The van der Waals surface area contributed by atoms with Crippen molar-refractivity contribution in [1.29, 1.82) is 0 Å². The molecule has 2 aliphatic heterocycles. The third-order valence-electron chi connectivity index (χ3n) is 4.83. The fourth-order valence-electron chi connectivity index (χ4n) is 3.64. The molecule has 1 saturated heterocycles. The lowest BCUT2D eigenvalue weighted by atomic mass is 9.93. The zero-order chi connectivity index (χ0) is 20.5. The van der Waals surface area contributed by atoms with Crippen LogP contribution in [0.2, 0.25) is 0 Å². The Morgan fingerprint density at radius 1 is 1.36 bits per heavy atom. The third-order valence-corrected chi connectivity index (χ3v) is 4.83. The Labute approximate surface area is 163 Å². The van der Waals surface area contributed by atoms with Crippen LogP contribution in [0, 0.1) is 0 Å². The van der Waals surface area contributed by atoms with E-state index in [1.165, 1.54) is 6.20 Å². The summed E-state index contributed by atoms with van der Waals surface area (Å²) in [6.07, 6.45) is -0.0477. The predicted octanol–water partition coefficient (Wildman–Crippen LogP) is 2.45. The van der Waals surface area contributed by atoms with Gasteiger partial charge in [-0.2, -0.15) is 0 Å². The summed E-state index contributed by atoms with van der Waals surface area (Å²) < 4.78 is 30.3. The molecule has 3 rings (SSSR count). The number of fused-ring (bicyclic) bond motifs is 3. The molecule has 0 saturated carbocycles. The normalized spacial score (nSPS) is 19.1. The lowest BCUT2D eigenvalue weighted by molar-refractivity contribution is 0.0210. The van der Waals surface area contributed by atoms with Gasteiger partial charge in [0.05, 0.1) is 6.54 Å². The number of nitrogens with one attached hydrogen (secondary N) is 1. The summed E-state index contributed by atoms with van der Waals surface area (Å²) in [5.41, 5.74) is 0.616. The van der Waals surface area contributed by atoms with E-state index in [0.29, 0.717) is 37.4 Å². The van der Waals surface area contributed by atoms with Crippen molar-refractivity contribution in [2.45, 2.75) is 51.7 Å². The molecule has 0 radical (unpaired) electrons. The zero-order valence-corrected chi connectivity index (χ0v) is 16.4. The minimum absolute atomic E-state index is 0.0839. The first-order valence-corrected chi connectivity index (χ1v) is 9.44. The minimum Gasteiger partial charge on any atom is -0.444 e. The van der Waals surface area contributed by atoms with Crippen molar-refractivity contribution in [3.05, 3.63) is 23.4 Å². The lowest BCUT2D eigenvalue weighted by Gasteiger charge is -2.45. The molecule has 1 atom stereocenters. The predicted molar refractivity (Wildman–Crippen MR) is 99.8 cm³/mol. The van der Waals surface area contributed by atoms with E-state index in [9.17, 15) is 18.4 Å². The van der Waals surface area contributed by atoms with Crippen molar-refractivity contribution in [3.63, 3.8) is 0 Å². The van der Waals surface area contributed by atoms with E-state index in [-0.39, 0.29) is 12.1 Å². The Balaban J connectivity index is 1.73. The van der Waals surface area contributed by atoms with Gasteiger partial charge in [0.2, 0.25) is 0 Å². The number of carbonyl (C=O) groups is 2. The molecule has 154 valence electrons. The van der Waals surface area contributed by atoms with Crippen molar-refractivity contribution in [2.75, 3.05) is 31.1 Å². The van der Waals surface area contributed by atoms with Gasteiger partial charge in [-0.3, -0.25) is 4.79 Å². The van der Waals surface area contributed by atoms with Crippen LogP contribution in [0.4, 0.5) is 19.4 Å². The van der Waals surface area contributed by atoms with Crippen molar-refractivity contribution in [1.82, 2.24) is 15.2 Å². The molecule has 2 amide bonds. The van der Waals surface area contributed by atoms with Crippen LogP contribution >= 0.6 is 0 Å².